The highest BCUT2D eigenvalue weighted by molar-refractivity contribution is 5.46. The molecule has 0 unspecified atom stereocenters. The van der Waals surface area contributed by atoms with E-state index < -0.39 is 0 Å². The number of hydrogen-bond acceptors (Lipinski definition) is 1. The van der Waals surface area contributed by atoms with Crippen LogP contribution in [0.15, 0.2) is 12.1 Å². The Balaban J connectivity index is 3.32. The summed E-state index contributed by atoms with van der Waals surface area (Å²) in [6.45, 7) is 11.0. The van der Waals surface area contributed by atoms with Gasteiger partial charge in [-0.05, 0) is 35.4 Å². The third-order valence-corrected chi connectivity index (χ3v) is 2.82. The molecule has 1 heteroatoms. The molecule has 0 aromatic heterocycles. The third kappa shape index (κ3) is 2.53. The van der Waals surface area contributed by atoms with E-state index in [0.29, 0.717) is 11.8 Å². The van der Waals surface area contributed by atoms with Gasteiger partial charge in [0.15, 0.2) is 0 Å². The molecule has 0 heterocycles. The van der Waals surface area contributed by atoms with E-state index in [9.17, 15) is 0 Å². The van der Waals surface area contributed by atoms with E-state index in [1.54, 1.807) is 7.11 Å². The molecule has 0 bridgehead atoms. The molecule has 0 radical (unpaired) electrons. The summed E-state index contributed by atoms with van der Waals surface area (Å²) in [5.41, 5.74) is 3.96. The van der Waals surface area contributed by atoms with Crippen LogP contribution in [0, 0.1) is 6.92 Å². The predicted octanol–water partition coefficient (Wildman–Crippen LogP) is 4.25. The Morgan fingerprint density at radius 1 is 1.00 bits per heavy atom. The molecule has 1 aromatic carbocycles. The Bertz CT molecular complexity index is 337. The molecule has 1 aromatic rings. The lowest BCUT2D eigenvalue weighted by atomic mass is 9.92. The van der Waals surface area contributed by atoms with Crippen molar-refractivity contribution in [2.75, 3.05) is 7.11 Å². The van der Waals surface area contributed by atoms with Gasteiger partial charge in [-0.15, -0.1) is 0 Å². The Kier molecular flexibility index (Phi) is 3.78. The first kappa shape index (κ1) is 12.1. The van der Waals surface area contributed by atoms with Crippen LogP contribution in [0.3, 0.4) is 0 Å². The first-order valence-electron chi connectivity index (χ1n) is 5.65. The summed E-state index contributed by atoms with van der Waals surface area (Å²) in [6, 6.07) is 4.51. The van der Waals surface area contributed by atoms with Crippen molar-refractivity contribution in [3.63, 3.8) is 0 Å². The van der Waals surface area contributed by atoms with Gasteiger partial charge in [0.2, 0.25) is 0 Å². The number of ether oxygens (including phenoxy) is 1. The Morgan fingerprint density at radius 2 is 1.60 bits per heavy atom. The molecule has 0 aliphatic rings. The molecule has 0 N–H and O–H groups in total. The molecule has 0 atom stereocenters. The van der Waals surface area contributed by atoms with Crippen LogP contribution in [0.1, 0.15) is 56.2 Å². The number of aryl methyl sites for hydroxylation is 1. The summed E-state index contributed by atoms with van der Waals surface area (Å²) < 4.78 is 5.47. The van der Waals surface area contributed by atoms with E-state index in [4.69, 9.17) is 4.74 Å². The summed E-state index contributed by atoms with van der Waals surface area (Å²) in [7, 11) is 1.75. The molecule has 0 aliphatic heterocycles. The van der Waals surface area contributed by atoms with Crippen LogP contribution in [0.25, 0.3) is 0 Å². The van der Waals surface area contributed by atoms with E-state index in [2.05, 4.69) is 46.8 Å². The van der Waals surface area contributed by atoms with Gasteiger partial charge < -0.3 is 4.74 Å². The van der Waals surface area contributed by atoms with Crippen LogP contribution < -0.4 is 4.74 Å². The van der Waals surface area contributed by atoms with Crippen LogP contribution in [-0.2, 0) is 0 Å². The van der Waals surface area contributed by atoms with Gasteiger partial charge in [0, 0.05) is 0 Å². The molecule has 0 saturated heterocycles. The maximum atomic E-state index is 5.47. The van der Waals surface area contributed by atoms with Gasteiger partial charge in [-0.2, -0.15) is 0 Å². The quantitative estimate of drug-likeness (QED) is 0.718. The highest BCUT2D eigenvalue weighted by atomic mass is 16.5. The zero-order valence-electron chi connectivity index (χ0n) is 10.7. The molecule has 1 nitrogen and oxygen atoms in total. The summed E-state index contributed by atoms with van der Waals surface area (Å²) in [6.07, 6.45) is 0. The average molecular weight is 206 g/mol. The van der Waals surface area contributed by atoms with E-state index in [1.807, 2.05) is 0 Å². The third-order valence-electron chi connectivity index (χ3n) is 2.82. The van der Waals surface area contributed by atoms with Crippen molar-refractivity contribution in [1.82, 2.24) is 0 Å². The number of rotatable bonds is 3. The van der Waals surface area contributed by atoms with Gasteiger partial charge >= 0.3 is 0 Å². The standard InChI is InChI=1S/C14H22O/c1-9(2)12-7-11(5)14(15-6)13(8-12)10(3)4/h7-10H,1-6H3. The van der Waals surface area contributed by atoms with Gasteiger partial charge in [0.25, 0.3) is 0 Å². The fourth-order valence-corrected chi connectivity index (χ4v) is 1.87. The number of methoxy groups -OCH3 is 1. The van der Waals surface area contributed by atoms with Crippen molar-refractivity contribution in [2.24, 2.45) is 0 Å². The fourth-order valence-electron chi connectivity index (χ4n) is 1.87. The topological polar surface area (TPSA) is 9.23 Å². The highest BCUT2D eigenvalue weighted by Gasteiger charge is 2.12. The van der Waals surface area contributed by atoms with Crippen molar-refractivity contribution in [1.29, 1.82) is 0 Å². The van der Waals surface area contributed by atoms with Crippen molar-refractivity contribution in [3.8, 4) is 5.75 Å². The fraction of sp³-hybridized carbons (Fsp3) is 0.571. The van der Waals surface area contributed by atoms with E-state index in [-0.39, 0.29) is 0 Å². The van der Waals surface area contributed by atoms with Gasteiger partial charge in [0.1, 0.15) is 5.75 Å². The predicted molar refractivity (Wildman–Crippen MR) is 65.9 cm³/mol. The molecule has 15 heavy (non-hydrogen) atoms. The second kappa shape index (κ2) is 4.69. The summed E-state index contributed by atoms with van der Waals surface area (Å²) >= 11 is 0. The zero-order valence-corrected chi connectivity index (χ0v) is 10.7. The van der Waals surface area contributed by atoms with Gasteiger partial charge in [-0.1, -0.05) is 39.8 Å². The molecule has 0 fully saturated rings. The van der Waals surface area contributed by atoms with Crippen LogP contribution in [0.2, 0.25) is 0 Å². The largest absolute Gasteiger partial charge is 0.496 e. The van der Waals surface area contributed by atoms with Gasteiger partial charge in [-0.3, -0.25) is 0 Å². The van der Waals surface area contributed by atoms with Crippen LogP contribution in [0.5, 0.6) is 5.75 Å². The van der Waals surface area contributed by atoms with E-state index >= 15 is 0 Å². The SMILES string of the molecule is COc1c(C)cc(C(C)C)cc1C(C)C. The minimum atomic E-state index is 0.511. The first-order valence-corrected chi connectivity index (χ1v) is 5.65. The van der Waals surface area contributed by atoms with E-state index in [0.717, 1.165) is 5.75 Å². The monoisotopic (exact) mass is 206 g/mol. The van der Waals surface area contributed by atoms with Gasteiger partial charge in [-0.25, -0.2) is 0 Å². The maximum absolute atomic E-state index is 5.47. The molecule has 84 valence electrons. The average Bonchev–Trinajstić information content (AvgIpc) is 2.16. The second-order valence-electron chi connectivity index (χ2n) is 4.77. The molecule has 0 spiro atoms. The van der Waals surface area contributed by atoms with Crippen molar-refractivity contribution < 1.29 is 4.74 Å². The zero-order chi connectivity index (χ0) is 11.6. The van der Waals surface area contributed by atoms with Crippen LogP contribution in [0.4, 0.5) is 0 Å². The smallest absolute Gasteiger partial charge is 0.125 e. The lowest BCUT2D eigenvalue weighted by Crippen LogP contribution is -2.00. The normalized spacial score (nSPS) is 11.2. The molecule has 1 rings (SSSR count). The first-order chi connectivity index (χ1) is 6.97. The number of hydrogen-bond donors (Lipinski definition) is 0. The summed E-state index contributed by atoms with van der Waals surface area (Å²) in [5, 5.41) is 0. The number of benzene rings is 1. The van der Waals surface area contributed by atoms with E-state index in [1.165, 1.54) is 16.7 Å². The molecule has 0 aliphatic carbocycles. The Labute approximate surface area is 93.5 Å². The minimum Gasteiger partial charge on any atom is -0.496 e. The Hall–Kier alpha value is -0.980. The molecule has 0 amide bonds. The minimum absolute atomic E-state index is 0.511. The van der Waals surface area contributed by atoms with Crippen molar-refractivity contribution in [3.05, 3.63) is 28.8 Å². The van der Waals surface area contributed by atoms with Crippen LogP contribution >= 0.6 is 0 Å². The lowest BCUT2D eigenvalue weighted by molar-refractivity contribution is 0.404. The maximum Gasteiger partial charge on any atom is 0.125 e. The second-order valence-corrected chi connectivity index (χ2v) is 4.77. The molecular weight excluding hydrogens is 184 g/mol. The van der Waals surface area contributed by atoms with Crippen molar-refractivity contribution in [2.45, 2.75) is 46.5 Å². The Morgan fingerprint density at radius 3 is 2.00 bits per heavy atom. The summed E-state index contributed by atoms with van der Waals surface area (Å²) in [5.74, 6) is 2.14. The molecular formula is C14H22O. The highest BCUT2D eigenvalue weighted by Crippen LogP contribution is 2.33. The summed E-state index contributed by atoms with van der Waals surface area (Å²) in [4.78, 5) is 0. The lowest BCUT2D eigenvalue weighted by Gasteiger charge is -2.17. The van der Waals surface area contributed by atoms with Crippen LogP contribution in [-0.4, -0.2) is 7.11 Å². The molecule has 0 saturated carbocycles. The van der Waals surface area contributed by atoms with Gasteiger partial charge in [0.05, 0.1) is 7.11 Å². The van der Waals surface area contributed by atoms with Crippen molar-refractivity contribution >= 4 is 0 Å².